The van der Waals surface area contributed by atoms with Crippen molar-refractivity contribution in [3.63, 3.8) is 0 Å². The molecule has 0 aliphatic heterocycles. The summed E-state index contributed by atoms with van der Waals surface area (Å²) in [5.74, 6) is 0. The Balaban J connectivity index is 1.57. The zero-order valence-electron chi connectivity index (χ0n) is 12.6. The molecule has 2 aromatic rings. The fraction of sp³-hybridized carbons (Fsp3) is 0.333. The molecule has 1 heterocycles. The van der Waals surface area contributed by atoms with Crippen LogP contribution in [-0.4, -0.2) is 17.1 Å². The smallest absolute Gasteiger partial charge is 0.319 e. The zero-order valence-corrected chi connectivity index (χ0v) is 12.6. The van der Waals surface area contributed by atoms with Crippen molar-refractivity contribution in [2.45, 2.75) is 38.1 Å². The molecule has 0 radical (unpaired) electrons. The van der Waals surface area contributed by atoms with E-state index in [9.17, 15) is 4.79 Å². The molecule has 0 bridgehead atoms. The Bertz CT molecular complexity index is 604. The molecule has 4 nitrogen and oxygen atoms in total. The van der Waals surface area contributed by atoms with E-state index in [1.54, 1.807) is 6.20 Å². The second-order valence-corrected chi connectivity index (χ2v) is 5.73. The van der Waals surface area contributed by atoms with Gasteiger partial charge in [-0.05, 0) is 25.0 Å². The van der Waals surface area contributed by atoms with Crippen molar-refractivity contribution in [1.29, 1.82) is 0 Å². The highest BCUT2D eigenvalue weighted by Gasteiger charge is 2.15. The van der Waals surface area contributed by atoms with Gasteiger partial charge in [-0.1, -0.05) is 49.6 Å². The zero-order chi connectivity index (χ0) is 15.2. The Kier molecular flexibility index (Phi) is 4.68. The number of carbonyl (C=O) groups is 1. The Morgan fingerprint density at radius 1 is 1.00 bits per heavy atom. The summed E-state index contributed by atoms with van der Waals surface area (Å²) in [5, 5.41) is 5.89. The quantitative estimate of drug-likeness (QED) is 0.891. The van der Waals surface area contributed by atoms with Crippen LogP contribution in [0.1, 0.15) is 32.1 Å². The van der Waals surface area contributed by atoms with E-state index in [4.69, 9.17) is 0 Å². The fourth-order valence-corrected chi connectivity index (χ4v) is 2.85. The van der Waals surface area contributed by atoms with Crippen LogP contribution in [0.25, 0.3) is 11.3 Å². The molecular weight excluding hydrogens is 274 g/mol. The molecule has 1 aliphatic rings. The number of nitrogens with zero attached hydrogens (tertiary/aromatic N) is 1. The summed E-state index contributed by atoms with van der Waals surface area (Å²) in [5.41, 5.74) is 2.69. The first-order valence-corrected chi connectivity index (χ1v) is 7.90. The lowest BCUT2D eigenvalue weighted by atomic mass is 9.96. The van der Waals surface area contributed by atoms with E-state index in [1.165, 1.54) is 19.3 Å². The third-order valence-electron chi connectivity index (χ3n) is 4.03. The monoisotopic (exact) mass is 295 g/mol. The lowest BCUT2D eigenvalue weighted by Gasteiger charge is -2.22. The minimum Gasteiger partial charge on any atom is -0.335 e. The minimum atomic E-state index is -0.138. The number of rotatable bonds is 3. The van der Waals surface area contributed by atoms with Crippen LogP contribution in [0.4, 0.5) is 10.5 Å². The van der Waals surface area contributed by atoms with Gasteiger partial charge in [0.25, 0.3) is 0 Å². The Morgan fingerprint density at radius 3 is 2.45 bits per heavy atom. The van der Waals surface area contributed by atoms with Crippen LogP contribution in [0.2, 0.25) is 0 Å². The maximum atomic E-state index is 12.0. The third kappa shape index (κ3) is 3.85. The first-order valence-electron chi connectivity index (χ1n) is 7.90. The molecule has 1 saturated carbocycles. The summed E-state index contributed by atoms with van der Waals surface area (Å²) < 4.78 is 0. The van der Waals surface area contributed by atoms with E-state index in [0.717, 1.165) is 24.1 Å². The van der Waals surface area contributed by atoms with Crippen LogP contribution in [0.15, 0.2) is 48.7 Å². The van der Waals surface area contributed by atoms with Gasteiger partial charge in [0.1, 0.15) is 0 Å². The molecule has 2 amide bonds. The summed E-state index contributed by atoms with van der Waals surface area (Å²) in [6.07, 6.45) is 7.56. The number of pyridine rings is 1. The fourth-order valence-electron chi connectivity index (χ4n) is 2.85. The van der Waals surface area contributed by atoms with E-state index >= 15 is 0 Å². The van der Waals surface area contributed by atoms with E-state index in [-0.39, 0.29) is 6.03 Å². The molecule has 1 aromatic carbocycles. The normalized spacial score (nSPS) is 15.3. The van der Waals surface area contributed by atoms with Crippen molar-refractivity contribution in [2.24, 2.45) is 0 Å². The minimum absolute atomic E-state index is 0.138. The molecule has 0 unspecified atom stereocenters. The molecule has 114 valence electrons. The van der Waals surface area contributed by atoms with Gasteiger partial charge in [0.05, 0.1) is 17.6 Å². The summed E-state index contributed by atoms with van der Waals surface area (Å²) in [6.45, 7) is 0. The number of amides is 2. The van der Waals surface area contributed by atoms with Crippen LogP contribution in [0, 0.1) is 0 Å². The van der Waals surface area contributed by atoms with Crippen molar-refractivity contribution in [1.82, 2.24) is 10.3 Å². The molecule has 1 aromatic heterocycles. The van der Waals surface area contributed by atoms with Gasteiger partial charge in [-0.25, -0.2) is 4.79 Å². The van der Waals surface area contributed by atoms with Crippen molar-refractivity contribution >= 4 is 11.7 Å². The van der Waals surface area contributed by atoms with Gasteiger partial charge in [-0.15, -0.1) is 0 Å². The number of carbonyl (C=O) groups excluding carboxylic acids is 1. The molecule has 3 rings (SSSR count). The second-order valence-electron chi connectivity index (χ2n) is 5.73. The van der Waals surface area contributed by atoms with Crippen LogP contribution >= 0.6 is 0 Å². The van der Waals surface area contributed by atoms with Gasteiger partial charge in [0, 0.05) is 11.6 Å². The average molecular weight is 295 g/mol. The standard InChI is InChI=1S/C18H21N3O/c22-18(20-15-9-5-2-6-10-15)21-16-11-12-17(19-13-16)14-7-3-1-4-8-14/h1,3-4,7-8,11-13,15H,2,5-6,9-10H2,(H2,20,21,22). The summed E-state index contributed by atoms with van der Waals surface area (Å²) >= 11 is 0. The average Bonchev–Trinajstić information content (AvgIpc) is 2.57. The SMILES string of the molecule is O=C(Nc1ccc(-c2ccccc2)nc1)NC1CCCCC1. The van der Waals surface area contributed by atoms with E-state index in [1.807, 2.05) is 42.5 Å². The second kappa shape index (κ2) is 7.07. The predicted molar refractivity (Wildman–Crippen MR) is 88.7 cm³/mol. The highest BCUT2D eigenvalue weighted by Crippen LogP contribution is 2.19. The van der Waals surface area contributed by atoms with Gasteiger partial charge in [-0.2, -0.15) is 0 Å². The Labute approximate surface area is 131 Å². The Hall–Kier alpha value is -2.36. The number of urea groups is 1. The van der Waals surface area contributed by atoms with Gasteiger partial charge in [0.15, 0.2) is 0 Å². The lowest BCUT2D eigenvalue weighted by Crippen LogP contribution is -2.39. The highest BCUT2D eigenvalue weighted by molar-refractivity contribution is 5.89. The van der Waals surface area contributed by atoms with Crippen molar-refractivity contribution < 1.29 is 4.79 Å². The van der Waals surface area contributed by atoms with Crippen LogP contribution in [0.3, 0.4) is 0 Å². The molecule has 22 heavy (non-hydrogen) atoms. The summed E-state index contributed by atoms with van der Waals surface area (Å²) in [6, 6.07) is 14.0. The topological polar surface area (TPSA) is 54.0 Å². The number of nitrogens with one attached hydrogen (secondary N) is 2. The summed E-state index contributed by atoms with van der Waals surface area (Å²) in [4.78, 5) is 16.4. The first kappa shape index (κ1) is 14.6. The molecule has 2 N–H and O–H groups in total. The van der Waals surface area contributed by atoms with Crippen LogP contribution in [-0.2, 0) is 0 Å². The molecule has 0 saturated heterocycles. The lowest BCUT2D eigenvalue weighted by molar-refractivity contribution is 0.244. The van der Waals surface area contributed by atoms with E-state index in [0.29, 0.717) is 11.7 Å². The number of hydrogen-bond acceptors (Lipinski definition) is 2. The number of anilines is 1. The van der Waals surface area contributed by atoms with Crippen molar-refractivity contribution in [3.8, 4) is 11.3 Å². The van der Waals surface area contributed by atoms with Crippen LogP contribution in [0.5, 0.6) is 0 Å². The third-order valence-corrected chi connectivity index (χ3v) is 4.03. The van der Waals surface area contributed by atoms with Gasteiger partial charge < -0.3 is 10.6 Å². The predicted octanol–water partition coefficient (Wildman–Crippen LogP) is 4.20. The molecule has 1 aliphatic carbocycles. The van der Waals surface area contributed by atoms with Crippen molar-refractivity contribution in [3.05, 3.63) is 48.7 Å². The van der Waals surface area contributed by atoms with Gasteiger partial charge in [-0.3, -0.25) is 4.98 Å². The molecule has 0 spiro atoms. The maximum Gasteiger partial charge on any atom is 0.319 e. The summed E-state index contributed by atoms with van der Waals surface area (Å²) in [7, 11) is 0. The number of hydrogen-bond donors (Lipinski definition) is 2. The molecule has 4 heteroatoms. The van der Waals surface area contributed by atoms with E-state index in [2.05, 4.69) is 15.6 Å². The highest BCUT2D eigenvalue weighted by atomic mass is 16.2. The molecule has 1 fully saturated rings. The Morgan fingerprint density at radius 2 is 1.77 bits per heavy atom. The van der Waals surface area contributed by atoms with Gasteiger partial charge in [0.2, 0.25) is 0 Å². The maximum absolute atomic E-state index is 12.0. The van der Waals surface area contributed by atoms with Gasteiger partial charge >= 0.3 is 6.03 Å². The van der Waals surface area contributed by atoms with E-state index < -0.39 is 0 Å². The molecule has 0 atom stereocenters. The van der Waals surface area contributed by atoms with Crippen LogP contribution < -0.4 is 10.6 Å². The first-order chi connectivity index (χ1) is 10.8. The molecular formula is C18H21N3O. The number of benzene rings is 1. The van der Waals surface area contributed by atoms with Crippen molar-refractivity contribution in [2.75, 3.05) is 5.32 Å². The number of aromatic nitrogens is 1. The largest absolute Gasteiger partial charge is 0.335 e.